The number of rotatable bonds is 7. The van der Waals surface area contributed by atoms with Crippen LogP contribution in [0, 0.1) is 21.4 Å². The SMILES string of the molecule is CN(CCCCCO)c1ccc([N+](=O)[O-])c(C#N)n1. The maximum absolute atomic E-state index is 10.7. The van der Waals surface area contributed by atoms with Gasteiger partial charge < -0.3 is 10.0 Å². The van der Waals surface area contributed by atoms with Gasteiger partial charge in [-0.15, -0.1) is 0 Å². The normalized spacial score (nSPS) is 9.95. The number of unbranched alkanes of at least 4 members (excludes halogenated alkanes) is 2. The molecule has 0 aliphatic heterocycles. The van der Waals surface area contributed by atoms with Crippen LogP contribution >= 0.6 is 0 Å². The summed E-state index contributed by atoms with van der Waals surface area (Å²) in [6, 6.07) is 4.57. The number of hydrogen-bond donors (Lipinski definition) is 1. The molecule has 0 saturated carbocycles. The predicted octanol–water partition coefficient (Wildman–Crippen LogP) is 1.46. The van der Waals surface area contributed by atoms with E-state index in [9.17, 15) is 10.1 Å². The van der Waals surface area contributed by atoms with E-state index in [4.69, 9.17) is 10.4 Å². The summed E-state index contributed by atoms with van der Waals surface area (Å²) in [6.45, 7) is 0.897. The van der Waals surface area contributed by atoms with Crippen molar-refractivity contribution in [2.75, 3.05) is 25.1 Å². The van der Waals surface area contributed by atoms with Crippen LogP contribution in [0.3, 0.4) is 0 Å². The van der Waals surface area contributed by atoms with Gasteiger partial charge in [-0.3, -0.25) is 10.1 Å². The Balaban J connectivity index is 2.74. The fourth-order valence-corrected chi connectivity index (χ4v) is 1.64. The zero-order chi connectivity index (χ0) is 14.3. The Labute approximate surface area is 111 Å². The lowest BCUT2D eigenvalue weighted by molar-refractivity contribution is -0.385. The molecule has 1 aromatic rings. The van der Waals surface area contributed by atoms with E-state index in [0.29, 0.717) is 5.82 Å². The van der Waals surface area contributed by atoms with E-state index in [-0.39, 0.29) is 18.0 Å². The van der Waals surface area contributed by atoms with Gasteiger partial charge in [0.05, 0.1) is 4.92 Å². The summed E-state index contributed by atoms with van der Waals surface area (Å²) in [5.41, 5.74) is -0.454. The first-order valence-electron chi connectivity index (χ1n) is 5.97. The molecule has 7 heteroatoms. The van der Waals surface area contributed by atoms with Crippen molar-refractivity contribution in [2.24, 2.45) is 0 Å². The number of hydrogen-bond acceptors (Lipinski definition) is 6. The Bertz CT molecular complexity index is 484. The van der Waals surface area contributed by atoms with Crippen molar-refractivity contribution in [2.45, 2.75) is 19.3 Å². The molecule has 0 atom stereocenters. The molecule has 0 saturated heterocycles. The van der Waals surface area contributed by atoms with Crippen molar-refractivity contribution < 1.29 is 10.0 Å². The highest BCUT2D eigenvalue weighted by Crippen LogP contribution is 2.20. The fraction of sp³-hybridized carbons (Fsp3) is 0.500. The summed E-state index contributed by atoms with van der Waals surface area (Å²) in [6.07, 6.45) is 2.54. The first-order chi connectivity index (χ1) is 9.10. The molecule has 7 nitrogen and oxygen atoms in total. The molecule has 1 heterocycles. The van der Waals surface area contributed by atoms with Gasteiger partial charge in [0.1, 0.15) is 11.9 Å². The van der Waals surface area contributed by atoms with Gasteiger partial charge in [0, 0.05) is 26.3 Å². The number of nitro groups is 1. The van der Waals surface area contributed by atoms with Crippen molar-refractivity contribution in [3.8, 4) is 6.07 Å². The van der Waals surface area contributed by atoms with E-state index >= 15 is 0 Å². The van der Waals surface area contributed by atoms with E-state index in [1.165, 1.54) is 12.1 Å². The van der Waals surface area contributed by atoms with Gasteiger partial charge in [0.15, 0.2) is 0 Å². The van der Waals surface area contributed by atoms with Crippen molar-refractivity contribution in [1.29, 1.82) is 5.26 Å². The number of nitrogens with zero attached hydrogens (tertiary/aromatic N) is 4. The first kappa shape index (κ1) is 14.9. The fourth-order valence-electron chi connectivity index (χ4n) is 1.64. The molecule has 0 radical (unpaired) electrons. The molecule has 1 N–H and O–H groups in total. The van der Waals surface area contributed by atoms with Crippen LogP contribution in [0.4, 0.5) is 11.5 Å². The van der Waals surface area contributed by atoms with Crippen LogP contribution in [0.25, 0.3) is 0 Å². The second kappa shape index (κ2) is 7.28. The molecule has 1 rings (SSSR count). The summed E-state index contributed by atoms with van der Waals surface area (Å²) in [7, 11) is 1.81. The quantitative estimate of drug-likeness (QED) is 0.454. The van der Waals surface area contributed by atoms with E-state index < -0.39 is 4.92 Å². The Hall–Kier alpha value is -2.20. The topological polar surface area (TPSA) is 103 Å². The van der Waals surface area contributed by atoms with Crippen molar-refractivity contribution >= 4 is 11.5 Å². The van der Waals surface area contributed by atoms with Gasteiger partial charge in [-0.2, -0.15) is 5.26 Å². The van der Waals surface area contributed by atoms with Crippen LogP contribution in [0.2, 0.25) is 0 Å². The molecule has 0 amide bonds. The molecular weight excluding hydrogens is 248 g/mol. The zero-order valence-electron chi connectivity index (χ0n) is 10.7. The Morgan fingerprint density at radius 3 is 2.79 bits per heavy atom. The molecule has 0 aliphatic rings. The van der Waals surface area contributed by atoms with Crippen LogP contribution in [-0.2, 0) is 0 Å². The highest BCUT2D eigenvalue weighted by Gasteiger charge is 2.16. The molecule has 102 valence electrons. The smallest absolute Gasteiger partial charge is 0.305 e. The summed E-state index contributed by atoms with van der Waals surface area (Å²) in [4.78, 5) is 15.9. The minimum atomic E-state index is -0.615. The minimum Gasteiger partial charge on any atom is -0.396 e. The van der Waals surface area contributed by atoms with Crippen LogP contribution in [0.5, 0.6) is 0 Å². The first-order valence-corrected chi connectivity index (χ1v) is 5.97. The number of pyridine rings is 1. The molecular formula is C12H16N4O3. The lowest BCUT2D eigenvalue weighted by atomic mass is 10.2. The van der Waals surface area contributed by atoms with Gasteiger partial charge in [-0.25, -0.2) is 4.98 Å². The van der Waals surface area contributed by atoms with E-state index in [1.54, 1.807) is 6.07 Å². The van der Waals surface area contributed by atoms with E-state index in [0.717, 1.165) is 25.8 Å². The summed E-state index contributed by atoms with van der Waals surface area (Å²) in [5, 5.41) is 28.2. The van der Waals surface area contributed by atoms with Crippen LogP contribution in [-0.4, -0.2) is 35.2 Å². The molecule has 0 bridgehead atoms. The highest BCUT2D eigenvalue weighted by atomic mass is 16.6. The van der Waals surface area contributed by atoms with E-state index in [1.807, 2.05) is 11.9 Å². The second-order valence-electron chi connectivity index (χ2n) is 4.11. The van der Waals surface area contributed by atoms with Gasteiger partial charge >= 0.3 is 5.69 Å². The van der Waals surface area contributed by atoms with Crippen molar-refractivity contribution in [3.63, 3.8) is 0 Å². The number of aliphatic hydroxyl groups excluding tert-OH is 1. The van der Waals surface area contributed by atoms with Crippen molar-refractivity contribution in [3.05, 3.63) is 27.9 Å². The summed E-state index contributed by atoms with van der Waals surface area (Å²) >= 11 is 0. The van der Waals surface area contributed by atoms with Gasteiger partial charge in [0.2, 0.25) is 5.69 Å². The molecule has 0 unspecified atom stereocenters. The standard InChI is InChI=1S/C12H16N4O3/c1-15(7-3-2-4-8-17)12-6-5-11(16(18)19)10(9-13)14-12/h5-6,17H,2-4,7-8H2,1H3. The summed E-state index contributed by atoms with van der Waals surface area (Å²) in [5.74, 6) is 0.533. The number of aromatic nitrogens is 1. The monoisotopic (exact) mass is 264 g/mol. The maximum Gasteiger partial charge on any atom is 0.305 e. The Morgan fingerprint density at radius 2 is 2.21 bits per heavy atom. The molecule has 0 fully saturated rings. The van der Waals surface area contributed by atoms with E-state index in [2.05, 4.69) is 4.98 Å². The molecule has 1 aromatic heterocycles. The average molecular weight is 264 g/mol. The maximum atomic E-state index is 10.7. The summed E-state index contributed by atoms with van der Waals surface area (Å²) < 4.78 is 0. The highest BCUT2D eigenvalue weighted by molar-refractivity contribution is 5.51. The predicted molar refractivity (Wildman–Crippen MR) is 69.8 cm³/mol. The number of aliphatic hydroxyl groups is 1. The van der Waals surface area contributed by atoms with Crippen LogP contribution < -0.4 is 4.90 Å². The molecule has 0 aromatic carbocycles. The Kier molecular flexibility index (Phi) is 5.70. The third-order valence-electron chi connectivity index (χ3n) is 2.70. The third kappa shape index (κ3) is 4.19. The van der Waals surface area contributed by atoms with Gasteiger partial charge in [-0.05, 0) is 25.3 Å². The molecule has 0 aliphatic carbocycles. The lowest BCUT2D eigenvalue weighted by Gasteiger charge is -2.17. The number of nitriles is 1. The van der Waals surface area contributed by atoms with Crippen molar-refractivity contribution in [1.82, 2.24) is 4.98 Å². The van der Waals surface area contributed by atoms with Gasteiger partial charge in [-0.1, -0.05) is 0 Å². The molecule has 19 heavy (non-hydrogen) atoms. The zero-order valence-corrected chi connectivity index (χ0v) is 10.7. The third-order valence-corrected chi connectivity index (χ3v) is 2.70. The van der Waals surface area contributed by atoms with Crippen LogP contribution in [0.1, 0.15) is 25.0 Å². The number of anilines is 1. The van der Waals surface area contributed by atoms with Crippen LogP contribution in [0.15, 0.2) is 12.1 Å². The largest absolute Gasteiger partial charge is 0.396 e. The minimum absolute atomic E-state index is 0.176. The average Bonchev–Trinajstić information content (AvgIpc) is 2.42. The van der Waals surface area contributed by atoms with Gasteiger partial charge in [0.25, 0.3) is 0 Å². The second-order valence-corrected chi connectivity index (χ2v) is 4.11. The Morgan fingerprint density at radius 1 is 1.47 bits per heavy atom. The molecule has 0 spiro atoms. The lowest BCUT2D eigenvalue weighted by Crippen LogP contribution is -2.20.